The van der Waals surface area contributed by atoms with Crippen LogP contribution in [0, 0.1) is 5.92 Å². The molecule has 3 atom stereocenters. The quantitative estimate of drug-likeness (QED) is 0.407. The molecule has 2 aliphatic rings. The molecule has 0 unspecified atom stereocenters. The number of hydrogen-bond donors (Lipinski definition) is 2. The van der Waals surface area contributed by atoms with Crippen molar-refractivity contribution in [1.82, 2.24) is 29.8 Å². The van der Waals surface area contributed by atoms with E-state index in [9.17, 15) is 40.7 Å². The van der Waals surface area contributed by atoms with Crippen LogP contribution in [0.4, 0.5) is 32.2 Å². The summed E-state index contributed by atoms with van der Waals surface area (Å²) in [5.74, 6) is -6.68. The van der Waals surface area contributed by atoms with Crippen LogP contribution in [-0.4, -0.2) is 80.5 Å². The van der Waals surface area contributed by atoms with Crippen molar-refractivity contribution < 1.29 is 45.5 Å². The fourth-order valence-electron chi connectivity index (χ4n) is 5.39. The minimum atomic E-state index is -4.88. The molecule has 0 radical (unpaired) electrons. The summed E-state index contributed by atoms with van der Waals surface area (Å²) in [5, 5.41) is 8.59. The summed E-state index contributed by atoms with van der Waals surface area (Å²) in [6, 6.07) is 0.741. The lowest BCUT2D eigenvalue weighted by molar-refractivity contribution is -0.136. The summed E-state index contributed by atoms with van der Waals surface area (Å²) in [4.78, 5) is 46.5. The number of nitrogens with zero attached hydrogens (tertiary/aromatic N) is 5. The van der Waals surface area contributed by atoms with Crippen molar-refractivity contribution in [2.24, 2.45) is 5.92 Å². The van der Waals surface area contributed by atoms with Gasteiger partial charge in [-0.1, -0.05) is 0 Å². The van der Waals surface area contributed by atoms with E-state index < -0.39 is 84.2 Å². The van der Waals surface area contributed by atoms with Crippen LogP contribution in [0.2, 0.25) is 0 Å². The predicted molar refractivity (Wildman–Crippen MR) is 137 cm³/mol. The van der Waals surface area contributed by atoms with Gasteiger partial charge in [-0.15, -0.1) is 0 Å². The molecule has 2 N–H and O–H groups in total. The molecule has 1 aliphatic carbocycles. The van der Waals surface area contributed by atoms with Gasteiger partial charge in [0.25, 0.3) is 5.91 Å². The Morgan fingerprint density at radius 3 is 2.51 bits per heavy atom. The number of fused-ring (bicyclic) bond motifs is 1. The third-order valence-corrected chi connectivity index (χ3v) is 7.37. The van der Waals surface area contributed by atoms with Crippen molar-refractivity contribution in [3.05, 3.63) is 35.8 Å². The van der Waals surface area contributed by atoms with Gasteiger partial charge in [0.2, 0.25) is 23.6 Å². The van der Waals surface area contributed by atoms with E-state index in [-0.39, 0.29) is 35.7 Å². The fourth-order valence-corrected chi connectivity index (χ4v) is 5.39. The normalized spacial score (nSPS) is 21.7. The van der Waals surface area contributed by atoms with Crippen LogP contribution in [0.15, 0.2) is 24.7 Å². The maximum absolute atomic E-state index is 14.9. The van der Waals surface area contributed by atoms with E-state index in [0.717, 1.165) is 34.9 Å². The maximum Gasteiger partial charge on any atom is 0.418 e. The molecule has 1 saturated heterocycles. The Balaban J connectivity index is 1.43. The standard InChI is InChI=1S/C26H25F6N7O4/c1-12(40)36-21-20-16(26(30,31)32)6-19(39(20)35-11-34-21)14-5-15(23(43-2)33-8-14)22(41)37-18-10-38(9-17(18)27)24(42)13-3-4-25(28,29)7-13/h5-6,8,11,13,17-18H,3-4,7,9-10H2,1-2H3,(H,37,41)(H,34,35,36,40)/t13-,17+,18-/m1/s1. The number of halogens is 6. The number of likely N-dealkylation sites (tertiary alicyclic amines) is 1. The van der Waals surface area contributed by atoms with E-state index >= 15 is 0 Å². The van der Waals surface area contributed by atoms with Gasteiger partial charge < -0.3 is 20.3 Å². The van der Waals surface area contributed by atoms with Gasteiger partial charge in [0.05, 0.1) is 31.0 Å². The van der Waals surface area contributed by atoms with Crippen molar-refractivity contribution in [1.29, 1.82) is 0 Å². The van der Waals surface area contributed by atoms with E-state index in [1.54, 1.807) is 0 Å². The molecule has 3 aromatic rings. The lowest BCUT2D eigenvalue weighted by Gasteiger charge is -2.20. The minimum absolute atomic E-state index is 0.00823. The van der Waals surface area contributed by atoms with Crippen molar-refractivity contribution in [2.45, 2.75) is 50.5 Å². The van der Waals surface area contributed by atoms with Crippen LogP contribution in [0.1, 0.15) is 42.1 Å². The molecule has 230 valence electrons. The maximum atomic E-state index is 14.9. The zero-order valence-electron chi connectivity index (χ0n) is 22.7. The molecule has 3 amide bonds. The highest BCUT2D eigenvalue weighted by molar-refractivity contribution is 5.98. The zero-order valence-corrected chi connectivity index (χ0v) is 22.7. The van der Waals surface area contributed by atoms with Gasteiger partial charge in [-0.3, -0.25) is 14.4 Å². The lowest BCUT2D eigenvalue weighted by atomic mass is 10.1. The average molecular weight is 614 g/mol. The summed E-state index contributed by atoms with van der Waals surface area (Å²) < 4.78 is 90.1. The summed E-state index contributed by atoms with van der Waals surface area (Å²) in [6.07, 6.45) is -5.57. The Morgan fingerprint density at radius 1 is 1.14 bits per heavy atom. The highest BCUT2D eigenvalue weighted by Crippen LogP contribution is 2.41. The number of nitrogens with one attached hydrogen (secondary N) is 2. The van der Waals surface area contributed by atoms with Gasteiger partial charge in [0.1, 0.15) is 23.6 Å². The smallest absolute Gasteiger partial charge is 0.418 e. The minimum Gasteiger partial charge on any atom is -0.480 e. The molecule has 2 fully saturated rings. The van der Waals surface area contributed by atoms with E-state index in [0.29, 0.717) is 0 Å². The molecule has 0 aromatic carbocycles. The number of pyridine rings is 1. The third kappa shape index (κ3) is 5.92. The lowest BCUT2D eigenvalue weighted by Crippen LogP contribution is -2.42. The Labute approximate surface area is 239 Å². The van der Waals surface area contributed by atoms with Gasteiger partial charge >= 0.3 is 6.18 Å². The molecule has 4 heterocycles. The van der Waals surface area contributed by atoms with Gasteiger partial charge in [0, 0.05) is 44.0 Å². The second kappa shape index (κ2) is 11.0. The number of hydrogen-bond acceptors (Lipinski definition) is 7. The van der Waals surface area contributed by atoms with Gasteiger partial charge in [-0.05, 0) is 18.6 Å². The monoisotopic (exact) mass is 613 g/mol. The van der Waals surface area contributed by atoms with Crippen molar-refractivity contribution in [3.63, 3.8) is 0 Å². The van der Waals surface area contributed by atoms with Gasteiger partial charge in [0.15, 0.2) is 5.82 Å². The van der Waals surface area contributed by atoms with E-state index in [1.165, 1.54) is 13.2 Å². The molecular formula is C26H25F6N7O4. The summed E-state index contributed by atoms with van der Waals surface area (Å²) in [6.45, 7) is 0.445. The second-order valence-electron chi connectivity index (χ2n) is 10.4. The van der Waals surface area contributed by atoms with Crippen LogP contribution >= 0.6 is 0 Å². The molecule has 0 bridgehead atoms. The van der Waals surface area contributed by atoms with Crippen molar-refractivity contribution in [2.75, 3.05) is 25.5 Å². The number of carbonyl (C=O) groups is 3. The number of amides is 3. The predicted octanol–water partition coefficient (Wildman–Crippen LogP) is 3.49. The molecule has 3 aromatic heterocycles. The van der Waals surface area contributed by atoms with Crippen LogP contribution in [0.5, 0.6) is 5.88 Å². The highest BCUT2D eigenvalue weighted by atomic mass is 19.4. The largest absolute Gasteiger partial charge is 0.480 e. The molecule has 1 aliphatic heterocycles. The number of alkyl halides is 6. The highest BCUT2D eigenvalue weighted by Gasteiger charge is 2.46. The number of aromatic nitrogens is 4. The number of methoxy groups -OCH3 is 1. The van der Waals surface area contributed by atoms with Crippen LogP contribution in [-0.2, 0) is 15.8 Å². The first-order valence-electron chi connectivity index (χ1n) is 13.1. The van der Waals surface area contributed by atoms with Crippen molar-refractivity contribution in [3.8, 4) is 17.1 Å². The van der Waals surface area contributed by atoms with Gasteiger partial charge in [-0.25, -0.2) is 27.7 Å². The number of carbonyl (C=O) groups excluding carboxylic acids is 3. The first-order chi connectivity index (χ1) is 20.2. The summed E-state index contributed by atoms with van der Waals surface area (Å²) in [5.41, 5.74) is -2.13. The third-order valence-electron chi connectivity index (χ3n) is 7.37. The van der Waals surface area contributed by atoms with E-state index in [1.807, 2.05) is 0 Å². The Morgan fingerprint density at radius 2 is 1.88 bits per heavy atom. The number of ether oxygens (including phenoxy) is 1. The van der Waals surface area contributed by atoms with Crippen LogP contribution in [0.3, 0.4) is 0 Å². The number of anilines is 1. The molecule has 11 nitrogen and oxygen atoms in total. The molecule has 43 heavy (non-hydrogen) atoms. The molecular weight excluding hydrogens is 588 g/mol. The zero-order chi connectivity index (χ0) is 31.3. The van der Waals surface area contributed by atoms with Crippen LogP contribution in [0.25, 0.3) is 16.8 Å². The Hall–Kier alpha value is -4.44. The first kappa shape index (κ1) is 30.0. The molecule has 5 rings (SSSR count). The summed E-state index contributed by atoms with van der Waals surface area (Å²) >= 11 is 0. The Bertz CT molecular complexity index is 1590. The first-order valence-corrected chi connectivity index (χ1v) is 13.1. The molecule has 0 spiro atoms. The number of rotatable bonds is 6. The fraction of sp³-hybridized carbons (Fsp3) is 0.462. The van der Waals surface area contributed by atoms with Crippen molar-refractivity contribution >= 4 is 29.1 Å². The van der Waals surface area contributed by atoms with E-state index in [4.69, 9.17) is 4.74 Å². The molecule has 1 saturated carbocycles. The molecule has 17 heteroatoms. The Kier molecular flexibility index (Phi) is 7.68. The summed E-state index contributed by atoms with van der Waals surface area (Å²) in [7, 11) is 1.20. The van der Waals surface area contributed by atoms with Gasteiger partial charge in [-0.2, -0.15) is 18.3 Å². The average Bonchev–Trinajstić information content (AvgIpc) is 3.62. The topological polar surface area (TPSA) is 131 Å². The van der Waals surface area contributed by atoms with Crippen LogP contribution < -0.4 is 15.4 Å². The SMILES string of the molecule is COc1ncc(-c2cc(C(F)(F)F)c3c(NC(C)=O)ncnn23)cc1C(=O)N[C@@H]1CN(C(=O)[C@@H]2CCC(F)(F)C2)C[C@@H]1F. The van der Waals surface area contributed by atoms with E-state index in [2.05, 4.69) is 25.7 Å². The second-order valence-corrected chi connectivity index (χ2v) is 10.4.